The Morgan fingerprint density at radius 1 is 1.43 bits per heavy atom. The molecule has 1 heterocycles. The third-order valence-corrected chi connectivity index (χ3v) is 3.25. The van der Waals surface area contributed by atoms with E-state index in [0.717, 1.165) is 15.6 Å². The Bertz CT molecular complexity index is 473. The summed E-state index contributed by atoms with van der Waals surface area (Å²) in [6, 6.07) is 7.79. The van der Waals surface area contributed by atoms with Crippen LogP contribution in [0.2, 0.25) is 0 Å². The lowest BCUT2D eigenvalue weighted by molar-refractivity contribution is -0.138. The van der Waals surface area contributed by atoms with Crippen LogP contribution in [0.4, 0.5) is 0 Å². The molecule has 0 amide bonds. The molecule has 0 aliphatic heterocycles. The van der Waals surface area contributed by atoms with Crippen molar-refractivity contribution in [1.82, 2.24) is 0 Å². The van der Waals surface area contributed by atoms with Crippen molar-refractivity contribution in [3.8, 4) is 0 Å². The van der Waals surface area contributed by atoms with Gasteiger partial charge < -0.3 is 5.11 Å². The van der Waals surface area contributed by atoms with Gasteiger partial charge in [-0.3, -0.25) is 4.79 Å². The summed E-state index contributed by atoms with van der Waals surface area (Å²) in [6.45, 7) is 1.72. The van der Waals surface area contributed by atoms with E-state index in [1.807, 2.05) is 29.6 Å². The molecule has 0 aliphatic rings. The van der Waals surface area contributed by atoms with E-state index in [-0.39, 0.29) is 0 Å². The topological polar surface area (TPSA) is 37.3 Å². The first-order valence-electron chi connectivity index (χ1n) is 4.39. The average Bonchev–Trinajstić information content (AvgIpc) is 2.63. The lowest BCUT2D eigenvalue weighted by Gasteiger charge is -2.07. The van der Waals surface area contributed by atoms with Gasteiger partial charge in [0.15, 0.2) is 0 Å². The summed E-state index contributed by atoms with van der Waals surface area (Å²) in [7, 11) is 0. The molecule has 2 nitrogen and oxygen atoms in total. The van der Waals surface area contributed by atoms with Gasteiger partial charge in [-0.1, -0.05) is 12.1 Å². The van der Waals surface area contributed by atoms with E-state index in [0.29, 0.717) is 0 Å². The second-order valence-corrected chi connectivity index (χ2v) is 4.19. The molecule has 0 radical (unpaired) electrons. The number of carbonyl (C=O) groups is 1. The normalized spacial score (nSPS) is 12.9. The molecular formula is C11H10O2S. The van der Waals surface area contributed by atoms with Crippen LogP contribution in [-0.4, -0.2) is 11.1 Å². The van der Waals surface area contributed by atoms with Gasteiger partial charge in [0.2, 0.25) is 0 Å². The second-order valence-electron chi connectivity index (χ2n) is 3.24. The molecule has 72 valence electrons. The Kier molecular flexibility index (Phi) is 2.25. The van der Waals surface area contributed by atoms with Crippen molar-refractivity contribution in [2.75, 3.05) is 0 Å². The van der Waals surface area contributed by atoms with Crippen LogP contribution in [0.1, 0.15) is 18.4 Å². The fourth-order valence-corrected chi connectivity index (χ4v) is 2.35. The summed E-state index contributed by atoms with van der Waals surface area (Å²) in [6.07, 6.45) is 0. The van der Waals surface area contributed by atoms with Crippen LogP contribution in [0, 0.1) is 0 Å². The van der Waals surface area contributed by atoms with Crippen molar-refractivity contribution in [2.24, 2.45) is 0 Å². The summed E-state index contributed by atoms with van der Waals surface area (Å²) in [5.74, 6) is -1.21. The second kappa shape index (κ2) is 3.42. The molecule has 1 aromatic heterocycles. The van der Waals surface area contributed by atoms with E-state index < -0.39 is 11.9 Å². The molecule has 0 fully saturated rings. The van der Waals surface area contributed by atoms with Gasteiger partial charge in [-0.25, -0.2) is 0 Å². The largest absolute Gasteiger partial charge is 0.481 e. The summed E-state index contributed by atoms with van der Waals surface area (Å²) < 4.78 is 1.15. The highest BCUT2D eigenvalue weighted by molar-refractivity contribution is 7.17. The summed E-state index contributed by atoms with van der Waals surface area (Å²) in [5, 5.41) is 12.0. The molecule has 0 saturated carbocycles. The zero-order chi connectivity index (χ0) is 10.1. The predicted octanol–water partition coefficient (Wildman–Crippen LogP) is 3.09. The highest BCUT2D eigenvalue weighted by atomic mass is 32.1. The molecule has 0 saturated heterocycles. The van der Waals surface area contributed by atoms with Crippen molar-refractivity contribution in [3.05, 3.63) is 35.2 Å². The smallest absolute Gasteiger partial charge is 0.310 e. The van der Waals surface area contributed by atoms with Crippen LogP contribution in [0.3, 0.4) is 0 Å². The number of thiophene rings is 1. The fourth-order valence-electron chi connectivity index (χ4n) is 1.53. The Morgan fingerprint density at radius 2 is 2.21 bits per heavy atom. The summed E-state index contributed by atoms with van der Waals surface area (Å²) in [4.78, 5) is 10.9. The van der Waals surface area contributed by atoms with E-state index >= 15 is 0 Å². The Hall–Kier alpha value is -1.35. The summed E-state index contributed by atoms with van der Waals surface area (Å²) in [5.41, 5.74) is 0.899. The monoisotopic (exact) mass is 206 g/mol. The number of benzene rings is 1. The minimum atomic E-state index is -0.774. The summed E-state index contributed by atoms with van der Waals surface area (Å²) >= 11 is 1.64. The first kappa shape index (κ1) is 9.21. The maximum absolute atomic E-state index is 10.9. The first-order chi connectivity index (χ1) is 6.70. The van der Waals surface area contributed by atoms with Crippen molar-refractivity contribution in [2.45, 2.75) is 12.8 Å². The number of rotatable bonds is 2. The van der Waals surface area contributed by atoms with Gasteiger partial charge in [-0.05, 0) is 35.4 Å². The van der Waals surface area contributed by atoms with Gasteiger partial charge in [0.05, 0.1) is 5.92 Å². The van der Waals surface area contributed by atoms with Crippen LogP contribution in [0.25, 0.3) is 10.1 Å². The highest BCUT2D eigenvalue weighted by Gasteiger charge is 2.16. The zero-order valence-electron chi connectivity index (χ0n) is 7.73. The van der Waals surface area contributed by atoms with E-state index in [1.165, 1.54) is 0 Å². The van der Waals surface area contributed by atoms with E-state index in [1.54, 1.807) is 18.3 Å². The molecule has 0 bridgehead atoms. The van der Waals surface area contributed by atoms with Crippen LogP contribution in [-0.2, 0) is 4.79 Å². The van der Waals surface area contributed by atoms with Crippen LogP contribution in [0.5, 0.6) is 0 Å². The molecule has 1 N–H and O–H groups in total. The zero-order valence-corrected chi connectivity index (χ0v) is 8.54. The molecule has 14 heavy (non-hydrogen) atoms. The highest BCUT2D eigenvalue weighted by Crippen LogP contribution is 2.29. The minimum absolute atomic E-state index is 0.437. The van der Waals surface area contributed by atoms with Crippen molar-refractivity contribution >= 4 is 27.4 Å². The third kappa shape index (κ3) is 1.40. The maximum atomic E-state index is 10.9. The van der Waals surface area contributed by atoms with Crippen LogP contribution < -0.4 is 0 Å². The molecule has 2 aromatic rings. The van der Waals surface area contributed by atoms with Gasteiger partial charge in [-0.2, -0.15) is 0 Å². The van der Waals surface area contributed by atoms with Crippen molar-refractivity contribution < 1.29 is 9.90 Å². The molecule has 0 aliphatic carbocycles. The first-order valence-corrected chi connectivity index (χ1v) is 5.27. The van der Waals surface area contributed by atoms with E-state index in [2.05, 4.69) is 0 Å². The number of hydrogen-bond donors (Lipinski definition) is 1. The van der Waals surface area contributed by atoms with Gasteiger partial charge in [0.1, 0.15) is 0 Å². The molecule has 0 unspecified atom stereocenters. The number of aliphatic carboxylic acids is 1. The van der Waals surface area contributed by atoms with Gasteiger partial charge >= 0.3 is 5.97 Å². The van der Waals surface area contributed by atoms with Gasteiger partial charge in [0, 0.05) is 4.70 Å². The third-order valence-electron chi connectivity index (χ3n) is 2.37. The quantitative estimate of drug-likeness (QED) is 0.819. The predicted molar refractivity (Wildman–Crippen MR) is 57.9 cm³/mol. The van der Waals surface area contributed by atoms with Gasteiger partial charge in [0.25, 0.3) is 0 Å². The lowest BCUT2D eigenvalue weighted by atomic mass is 9.98. The number of fused-ring (bicyclic) bond motifs is 1. The number of carboxylic acids is 1. The van der Waals surface area contributed by atoms with Crippen molar-refractivity contribution in [3.63, 3.8) is 0 Å². The lowest BCUT2D eigenvalue weighted by Crippen LogP contribution is -2.07. The van der Waals surface area contributed by atoms with Crippen LogP contribution >= 0.6 is 11.3 Å². The molecule has 1 aromatic carbocycles. The Balaban J connectivity index is 2.61. The van der Waals surface area contributed by atoms with E-state index in [4.69, 9.17) is 5.11 Å². The maximum Gasteiger partial charge on any atom is 0.310 e. The molecule has 0 spiro atoms. The number of carboxylic acid groups (broad SMARTS) is 1. The Morgan fingerprint density at radius 3 is 2.93 bits per heavy atom. The van der Waals surface area contributed by atoms with E-state index in [9.17, 15) is 4.79 Å². The Labute approximate surface area is 85.8 Å². The fraction of sp³-hybridized carbons (Fsp3) is 0.182. The van der Waals surface area contributed by atoms with Gasteiger partial charge in [-0.15, -0.1) is 11.3 Å². The molecule has 3 heteroatoms. The minimum Gasteiger partial charge on any atom is -0.481 e. The molecular weight excluding hydrogens is 196 g/mol. The SMILES string of the molecule is C[C@H](C(=O)O)c1cccc2sccc12. The molecule has 1 atom stereocenters. The standard InChI is InChI=1S/C11H10O2S/c1-7(11(12)13)8-3-2-4-10-9(8)5-6-14-10/h2-7H,1H3,(H,12,13)/t7-/m0/s1. The van der Waals surface area contributed by atoms with Crippen molar-refractivity contribution in [1.29, 1.82) is 0 Å². The average molecular weight is 206 g/mol. The molecule has 2 rings (SSSR count). The number of hydrogen-bond acceptors (Lipinski definition) is 2. The van der Waals surface area contributed by atoms with Crippen LogP contribution in [0.15, 0.2) is 29.6 Å².